The van der Waals surface area contributed by atoms with Crippen molar-refractivity contribution in [2.75, 3.05) is 27.2 Å². The van der Waals surface area contributed by atoms with Crippen molar-refractivity contribution in [3.05, 3.63) is 0 Å². The molecular weight excluding hydrogens is 562 g/mol. The molecule has 1 saturated carbocycles. The van der Waals surface area contributed by atoms with Crippen molar-refractivity contribution in [1.82, 2.24) is 25.3 Å². The maximum absolute atomic E-state index is 14.0. The lowest BCUT2D eigenvalue weighted by molar-refractivity contribution is -0.160. The molecular formula is C33H57N5O6. The van der Waals surface area contributed by atoms with Crippen LogP contribution in [0.1, 0.15) is 99.3 Å². The molecule has 11 heteroatoms. The zero-order valence-corrected chi connectivity index (χ0v) is 28.3. The van der Waals surface area contributed by atoms with E-state index in [2.05, 4.69) is 10.6 Å². The van der Waals surface area contributed by atoms with Gasteiger partial charge in [0.1, 0.15) is 30.3 Å². The highest BCUT2D eigenvalue weighted by Gasteiger charge is 2.45. The lowest BCUT2D eigenvalue weighted by Crippen LogP contribution is -2.60. The van der Waals surface area contributed by atoms with Crippen molar-refractivity contribution in [2.45, 2.75) is 136 Å². The third-order valence-electron chi connectivity index (χ3n) is 9.40. The van der Waals surface area contributed by atoms with Gasteiger partial charge in [0.05, 0.1) is 6.04 Å². The molecule has 0 spiro atoms. The van der Waals surface area contributed by atoms with E-state index in [9.17, 15) is 24.0 Å². The van der Waals surface area contributed by atoms with Gasteiger partial charge in [-0.25, -0.2) is 4.79 Å². The Labute approximate surface area is 264 Å². The number of likely N-dealkylation sites (N-methyl/N-ethyl adjacent to an activating group) is 1. The van der Waals surface area contributed by atoms with Gasteiger partial charge in [-0.2, -0.15) is 0 Å². The van der Waals surface area contributed by atoms with E-state index in [0.29, 0.717) is 32.4 Å². The van der Waals surface area contributed by atoms with Crippen molar-refractivity contribution in [3.63, 3.8) is 0 Å². The molecule has 2 heterocycles. The number of rotatable bonds is 12. The molecule has 3 rings (SSSR count). The second-order valence-corrected chi connectivity index (χ2v) is 14.2. The van der Waals surface area contributed by atoms with E-state index in [1.807, 2.05) is 60.5 Å². The summed E-state index contributed by atoms with van der Waals surface area (Å²) in [6, 6.07) is -3.40. The monoisotopic (exact) mass is 619 g/mol. The van der Waals surface area contributed by atoms with Gasteiger partial charge in [-0.05, 0) is 83.2 Å². The predicted octanol–water partition coefficient (Wildman–Crippen LogP) is 2.71. The van der Waals surface area contributed by atoms with Crippen molar-refractivity contribution < 1.29 is 28.7 Å². The second-order valence-electron chi connectivity index (χ2n) is 14.2. The summed E-state index contributed by atoms with van der Waals surface area (Å²) in [7, 11) is 3.67. The van der Waals surface area contributed by atoms with Crippen LogP contribution >= 0.6 is 0 Å². The van der Waals surface area contributed by atoms with Crippen LogP contribution in [0, 0.1) is 17.8 Å². The minimum Gasteiger partial charge on any atom is -0.461 e. The highest BCUT2D eigenvalue weighted by atomic mass is 16.5. The van der Waals surface area contributed by atoms with E-state index >= 15 is 0 Å². The molecule has 0 aromatic carbocycles. The van der Waals surface area contributed by atoms with Crippen LogP contribution in [-0.4, -0.2) is 108 Å². The lowest BCUT2D eigenvalue weighted by Gasteiger charge is -2.35. The Balaban J connectivity index is 1.70. The SMILES string of the molecule is CC(C)[C@H](NC(=O)[C@H](C(C)C)N(C)C)C(=O)N[C@H](C(=O)N1CCC[C@H]1C(=O)N1CCC[C@H]1C(=O)OC1CCCCC1)C(C)C. The molecule has 0 unspecified atom stereocenters. The zero-order valence-electron chi connectivity index (χ0n) is 28.3. The first kappa shape index (κ1) is 35.8. The van der Waals surface area contributed by atoms with Gasteiger partial charge in [-0.3, -0.25) is 24.1 Å². The zero-order chi connectivity index (χ0) is 32.7. The number of nitrogens with one attached hydrogen (secondary N) is 2. The van der Waals surface area contributed by atoms with Gasteiger partial charge in [0.25, 0.3) is 0 Å². The summed E-state index contributed by atoms with van der Waals surface area (Å²) in [6.45, 7) is 12.2. The minimum atomic E-state index is -0.866. The highest BCUT2D eigenvalue weighted by Crippen LogP contribution is 2.28. The van der Waals surface area contributed by atoms with Gasteiger partial charge in [-0.1, -0.05) is 48.0 Å². The first-order valence-electron chi connectivity index (χ1n) is 16.8. The van der Waals surface area contributed by atoms with Gasteiger partial charge in [0, 0.05) is 13.1 Å². The van der Waals surface area contributed by atoms with Crippen LogP contribution in [0.5, 0.6) is 0 Å². The third-order valence-corrected chi connectivity index (χ3v) is 9.40. The number of nitrogens with zero attached hydrogens (tertiary/aromatic N) is 3. The van der Waals surface area contributed by atoms with Crippen LogP contribution in [0.2, 0.25) is 0 Å². The Bertz CT molecular complexity index is 1020. The molecule has 2 saturated heterocycles. The summed E-state index contributed by atoms with van der Waals surface area (Å²) >= 11 is 0. The van der Waals surface area contributed by atoms with Crippen molar-refractivity contribution >= 4 is 29.6 Å². The molecule has 1 aliphatic carbocycles. The number of carbonyl (C=O) groups is 5. The van der Waals surface area contributed by atoms with Crippen LogP contribution in [0.15, 0.2) is 0 Å². The lowest BCUT2D eigenvalue weighted by atomic mass is 9.97. The normalized spacial score (nSPS) is 23.3. The summed E-state index contributed by atoms with van der Waals surface area (Å²) in [4.78, 5) is 72.7. The summed E-state index contributed by atoms with van der Waals surface area (Å²) in [5, 5.41) is 5.84. The smallest absolute Gasteiger partial charge is 0.329 e. The standard InChI is InChI=1S/C33H57N5O6/c1-20(2)26(34-30(40)28(22(5)6)36(7)8)29(39)35-27(21(3)4)32(42)37-18-12-16-24(37)31(41)38-19-13-17-25(38)33(43)44-23-14-10-9-11-15-23/h20-28H,9-19H2,1-8H3,(H,34,40)(H,35,39)/t24-,25-,26-,27-,28-/m0/s1. The maximum atomic E-state index is 14.0. The number of carbonyl (C=O) groups excluding carboxylic acids is 5. The fraction of sp³-hybridized carbons (Fsp3) is 0.848. The molecule has 44 heavy (non-hydrogen) atoms. The largest absolute Gasteiger partial charge is 0.461 e. The van der Waals surface area contributed by atoms with E-state index < -0.39 is 36.1 Å². The van der Waals surface area contributed by atoms with Crippen LogP contribution in [0.3, 0.4) is 0 Å². The van der Waals surface area contributed by atoms with E-state index in [1.165, 1.54) is 0 Å². The summed E-state index contributed by atoms with van der Waals surface area (Å²) in [5.74, 6) is -1.94. The Hall–Kier alpha value is -2.69. The summed E-state index contributed by atoms with van der Waals surface area (Å²) in [5.41, 5.74) is 0. The average molecular weight is 620 g/mol. The molecule has 11 nitrogen and oxygen atoms in total. The Morgan fingerprint density at radius 2 is 1.20 bits per heavy atom. The molecule has 3 fully saturated rings. The minimum absolute atomic E-state index is 0.0415. The van der Waals surface area contributed by atoms with Gasteiger partial charge < -0.3 is 25.2 Å². The van der Waals surface area contributed by atoms with Gasteiger partial charge in [0.2, 0.25) is 23.6 Å². The van der Waals surface area contributed by atoms with Crippen molar-refractivity contribution in [2.24, 2.45) is 17.8 Å². The Morgan fingerprint density at radius 1 is 0.659 bits per heavy atom. The number of esters is 1. The number of amides is 4. The van der Waals surface area contributed by atoms with E-state index in [4.69, 9.17) is 4.74 Å². The first-order chi connectivity index (χ1) is 20.7. The fourth-order valence-corrected chi connectivity index (χ4v) is 7.02. The van der Waals surface area contributed by atoms with E-state index in [0.717, 1.165) is 38.5 Å². The molecule has 4 amide bonds. The molecule has 0 aromatic rings. The number of likely N-dealkylation sites (tertiary alicyclic amines) is 2. The number of hydrogen-bond donors (Lipinski definition) is 2. The second kappa shape index (κ2) is 16.0. The van der Waals surface area contributed by atoms with E-state index in [-0.39, 0.29) is 47.5 Å². The molecule has 250 valence electrons. The van der Waals surface area contributed by atoms with Crippen molar-refractivity contribution in [3.8, 4) is 0 Å². The van der Waals surface area contributed by atoms with Gasteiger partial charge >= 0.3 is 5.97 Å². The summed E-state index contributed by atoms with van der Waals surface area (Å²) < 4.78 is 5.82. The van der Waals surface area contributed by atoms with Gasteiger partial charge in [-0.15, -0.1) is 0 Å². The molecule has 0 aromatic heterocycles. The average Bonchev–Trinajstić information content (AvgIpc) is 3.64. The molecule has 2 aliphatic heterocycles. The number of ether oxygens (including phenoxy) is 1. The molecule has 3 aliphatic rings. The van der Waals surface area contributed by atoms with Gasteiger partial charge in [0.15, 0.2) is 0 Å². The Kier molecular flexibility index (Phi) is 13.0. The number of hydrogen-bond acceptors (Lipinski definition) is 7. The van der Waals surface area contributed by atoms with Crippen LogP contribution in [0.4, 0.5) is 0 Å². The van der Waals surface area contributed by atoms with Crippen LogP contribution in [-0.2, 0) is 28.7 Å². The predicted molar refractivity (Wildman–Crippen MR) is 168 cm³/mol. The topological polar surface area (TPSA) is 128 Å². The van der Waals surface area contributed by atoms with E-state index in [1.54, 1.807) is 9.80 Å². The molecule has 2 N–H and O–H groups in total. The van der Waals surface area contributed by atoms with Crippen LogP contribution < -0.4 is 10.6 Å². The molecule has 5 atom stereocenters. The third kappa shape index (κ3) is 8.73. The van der Waals surface area contributed by atoms with Crippen LogP contribution in [0.25, 0.3) is 0 Å². The first-order valence-corrected chi connectivity index (χ1v) is 16.8. The molecule has 0 radical (unpaired) electrons. The Morgan fingerprint density at radius 3 is 1.75 bits per heavy atom. The van der Waals surface area contributed by atoms with Crippen molar-refractivity contribution in [1.29, 1.82) is 0 Å². The summed E-state index contributed by atoms with van der Waals surface area (Å²) in [6.07, 6.45) is 7.39. The maximum Gasteiger partial charge on any atom is 0.329 e. The molecule has 0 bridgehead atoms. The quantitative estimate of drug-likeness (QED) is 0.322. The fourth-order valence-electron chi connectivity index (χ4n) is 7.02. The highest BCUT2D eigenvalue weighted by molar-refractivity contribution is 5.96.